The highest BCUT2D eigenvalue weighted by molar-refractivity contribution is 5.87. The van der Waals surface area contributed by atoms with E-state index in [0.717, 1.165) is 38.1 Å². The van der Waals surface area contributed by atoms with Crippen molar-refractivity contribution in [1.82, 2.24) is 4.90 Å². The molecule has 1 fully saturated rings. The van der Waals surface area contributed by atoms with Crippen molar-refractivity contribution in [3.63, 3.8) is 0 Å². The number of aromatic carboxylic acids is 1. The van der Waals surface area contributed by atoms with Gasteiger partial charge in [0.25, 0.3) is 0 Å². The fraction of sp³-hybridized carbons (Fsp3) is 0.588. The maximum atomic E-state index is 11.1. The van der Waals surface area contributed by atoms with E-state index in [0.29, 0.717) is 11.6 Å². The Labute approximate surface area is 126 Å². The van der Waals surface area contributed by atoms with Crippen LogP contribution in [-0.2, 0) is 11.3 Å². The largest absolute Gasteiger partial charge is 0.478 e. The van der Waals surface area contributed by atoms with Crippen molar-refractivity contribution in [1.29, 1.82) is 0 Å². The summed E-state index contributed by atoms with van der Waals surface area (Å²) in [7, 11) is 0. The minimum absolute atomic E-state index is 0.0702. The highest BCUT2D eigenvalue weighted by Crippen LogP contribution is 2.28. The zero-order chi connectivity index (χ0) is 15.5. The molecule has 1 N–H and O–H groups in total. The van der Waals surface area contributed by atoms with E-state index in [-0.39, 0.29) is 5.60 Å². The summed E-state index contributed by atoms with van der Waals surface area (Å²) in [5.41, 5.74) is 1.34. The Morgan fingerprint density at radius 1 is 1.48 bits per heavy atom. The van der Waals surface area contributed by atoms with Gasteiger partial charge in [-0.25, -0.2) is 4.79 Å². The monoisotopic (exact) mass is 291 g/mol. The van der Waals surface area contributed by atoms with Crippen LogP contribution >= 0.6 is 0 Å². The number of carbonyl (C=O) groups is 1. The molecule has 1 heterocycles. The van der Waals surface area contributed by atoms with Crippen LogP contribution < -0.4 is 0 Å². The summed E-state index contributed by atoms with van der Waals surface area (Å²) in [6.07, 6.45) is 2.05. The van der Waals surface area contributed by atoms with Crippen LogP contribution in [0.1, 0.15) is 49.5 Å². The van der Waals surface area contributed by atoms with Crippen molar-refractivity contribution in [2.75, 3.05) is 13.2 Å². The number of rotatable bonds is 5. The molecule has 0 aliphatic carbocycles. The summed E-state index contributed by atoms with van der Waals surface area (Å²) < 4.78 is 5.79. The predicted molar refractivity (Wildman–Crippen MR) is 82.5 cm³/mol. The minimum atomic E-state index is -0.868. The molecule has 0 amide bonds. The SMILES string of the molecule is CCN(Cc1cccc(C(=O)O)c1)C1CCOC(C)(C)C1. The average molecular weight is 291 g/mol. The number of carboxylic acid groups (broad SMARTS) is 1. The molecule has 21 heavy (non-hydrogen) atoms. The van der Waals surface area contributed by atoms with Gasteiger partial charge >= 0.3 is 5.97 Å². The van der Waals surface area contributed by atoms with Gasteiger partial charge in [-0.05, 0) is 50.9 Å². The number of nitrogens with zero attached hydrogens (tertiary/aromatic N) is 1. The molecule has 0 bridgehead atoms. The second kappa shape index (κ2) is 6.58. The van der Waals surface area contributed by atoms with E-state index < -0.39 is 5.97 Å². The first kappa shape index (κ1) is 16.0. The van der Waals surface area contributed by atoms with Crippen LogP contribution in [-0.4, -0.2) is 40.8 Å². The molecule has 0 spiro atoms. The zero-order valence-corrected chi connectivity index (χ0v) is 13.1. The first-order valence-corrected chi connectivity index (χ1v) is 7.61. The Bertz CT molecular complexity index is 499. The van der Waals surface area contributed by atoms with Crippen LogP contribution in [0.25, 0.3) is 0 Å². The molecule has 1 saturated heterocycles. The topological polar surface area (TPSA) is 49.8 Å². The Hall–Kier alpha value is -1.39. The fourth-order valence-electron chi connectivity index (χ4n) is 3.05. The molecule has 116 valence electrons. The molecule has 1 aromatic rings. The van der Waals surface area contributed by atoms with E-state index in [1.54, 1.807) is 12.1 Å². The lowest BCUT2D eigenvalue weighted by Crippen LogP contribution is -2.45. The molecule has 1 unspecified atom stereocenters. The molecule has 0 aromatic heterocycles. The summed E-state index contributed by atoms with van der Waals surface area (Å²) in [6, 6.07) is 7.72. The summed E-state index contributed by atoms with van der Waals surface area (Å²) in [4.78, 5) is 13.5. The van der Waals surface area contributed by atoms with Crippen molar-refractivity contribution in [3.05, 3.63) is 35.4 Å². The van der Waals surface area contributed by atoms with Crippen LogP contribution in [0.3, 0.4) is 0 Å². The van der Waals surface area contributed by atoms with E-state index in [1.807, 2.05) is 12.1 Å². The second-order valence-corrected chi connectivity index (χ2v) is 6.32. The number of ether oxygens (including phenoxy) is 1. The lowest BCUT2D eigenvalue weighted by Gasteiger charge is -2.41. The van der Waals surface area contributed by atoms with Crippen molar-refractivity contribution < 1.29 is 14.6 Å². The number of benzene rings is 1. The van der Waals surface area contributed by atoms with Gasteiger partial charge < -0.3 is 9.84 Å². The number of hydrogen-bond acceptors (Lipinski definition) is 3. The second-order valence-electron chi connectivity index (χ2n) is 6.32. The van der Waals surface area contributed by atoms with Gasteiger partial charge in [-0.3, -0.25) is 4.90 Å². The number of hydrogen-bond donors (Lipinski definition) is 1. The Kier molecular flexibility index (Phi) is 5.01. The minimum Gasteiger partial charge on any atom is -0.478 e. The average Bonchev–Trinajstić information content (AvgIpc) is 2.44. The molecular weight excluding hydrogens is 266 g/mol. The van der Waals surface area contributed by atoms with E-state index in [4.69, 9.17) is 9.84 Å². The standard InChI is InChI=1S/C17H25NO3/c1-4-18(15-8-9-21-17(2,3)11-15)12-13-6-5-7-14(10-13)16(19)20/h5-7,10,15H,4,8-9,11-12H2,1-3H3,(H,19,20). The summed E-state index contributed by atoms with van der Waals surface area (Å²) in [6.45, 7) is 8.97. The van der Waals surface area contributed by atoms with Crippen LogP contribution in [0.4, 0.5) is 0 Å². The molecule has 4 heteroatoms. The van der Waals surface area contributed by atoms with Crippen LogP contribution in [0.5, 0.6) is 0 Å². The normalized spacial score (nSPS) is 21.4. The summed E-state index contributed by atoms with van der Waals surface area (Å²) in [5.74, 6) is -0.868. The van der Waals surface area contributed by atoms with Gasteiger partial charge in [0.05, 0.1) is 11.2 Å². The van der Waals surface area contributed by atoms with Gasteiger partial charge in [-0.2, -0.15) is 0 Å². The van der Waals surface area contributed by atoms with Crippen LogP contribution in [0.2, 0.25) is 0 Å². The lowest BCUT2D eigenvalue weighted by molar-refractivity contribution is -0.0838. The first-order valence-electron chi connectivity index (χ1n) is 7.61. The van der Waals surface area contributed by atoms with Crippen molar-refractivity contribution in [2.24, 2.45) is 0 Å². The predicted octanol–water partition coefficient (Wildman–Crippen LogP) is 3.16. The third-order valence-corrected chi connectivity index (χ3v) is 4.15. The maximum absolute atomic E-state index is 11.1. The lowest BCUT2D eigenvalue weighted by atomic mass is 9.92. The number of carboxylic acids is 1. The Balaban J connectivity index is 2.08. The molecule has 4 nitrogen and oxygen atoms in total. The fourth-order valence-corrected chi connectivity index (χ4v) is 3.05. The highest BCUT2D eigenvalue weighted by atomic mass is 16.5. The van der Waals surface area contributed by atoms with Gasteiger partial charge in [0.1, 0.15) is 0 Å². The summed E-state index contributed by atoms with van der Waals surface area (Å²) >= 11 is 0. The Morgan fingerprint density at radius 3 is 2.86 bits per heavy atom. The molecular formula is C17H25NO3. The van der Waals surface area contributed by atoms with E-state index >= 15 is 0 Å². The van der Waals surface area contributed by atoms with E-state index in [9.17, 15) is 4.79 Å². The zero-order valence-electron chi connectivity index (χ0n) is 13.1. The van der Waals surface area contributed by atoms with Gasteiger partial charge in [-0.1, -0.05) is 19.1 Å². The maximum Gasteiger partial charge on any atom is 0.335 e. The molecule has 1 aliphatic heterocycles. The molecule has 0 radical (unpaired) electrons. The van der Waals surface area contributed by atoms with Gasteiger partial charge in [-0.15, -0.1) is 0 Å². The molecule has 1 aliphatic rings. The van der Waals surface area contributed by atoms with Gasteiger partial charge in [0.15, 0.2) is 0 Å². The van der Waals surface area contributed by atoms with E-state index in [2.05, 4.69) is 25.7 Å². The Morgan fingerprint density at radius 2 is 2.24 bits per heavy atom. The third kappa shape index (κ3) is 4.29. The van der Waals surface area contributed by atoms with Gasteiger partial charge in [0, 0.05) is 19.2 Å². The van der Waals surface area contributed by atoms with Crippen molar-refractivity contribution in [2.45, 2.75) is 51.8 Å². The molecule has 1 aromatic carbocycles. The van der Waals surface area contributed by atoms with E-state index in [1.165, 1.54) is 0 Å². The first-order chi connectivity index (χ1) is 9.91. The highest BCUT2D eigenvalue weighted by Gasteiger charge is 2.31. The van der Waals surface area contributed by atoms with Crippen LogP contribution in [0, 0.1) is 0 Å². The summed E-state index contributed by atoms with van der Waals surface area (Å²) in [5, 5.41) is 9.09. The van der Waals surface area contributed by atoms with Gasteiger partial charge in [0.2, 0.25) is 0 Å². The quantitative estimate of drug-likeness (QED) is 0.905. The molecule has 0 saturated carbocycles. The smallest absolute Gasteiger partial charge is 0.335 e. The molecule has 1 atom stereocenters. The van der Waals surface area contributed by atoms with Crippen LogP contribution in [0.15, 0.2) is 24.3 Å². The third-order valence-electron chi connectivity index (χ3n) is 4.15. The van der Waals surface area contributed by atoms with Crippen molar-refractivity contribution in [3.8, 4) is 0 Å². The molecule has 2 rings (SSSR count). The van der Waals surface area contributed by atoms with Crippen molar-refractivity contribution >= 4 is 5.97 Å².